The highest BCUT2D eigenvalue weighted by molar-refractivity contribution is 7.89. The van der Waals surface area contributed by atoms with Crippen molar-refractivity contribution < 1.29 is 12.8 Å². The van der Waals surface area contributed by atoms with E-state index in [1.165, 1.54) is 12.1 Å². The third-order valence-electron chi connectivity index (χ3n) is 4.12. The molecule has 1 aliphatic heterocycles. The molecule has 0 spiro atoms. The van der Waals surface area contributed by atoms with Crippen LogP contribution in [0, 0.1) is 5.82 Å². The van der Waals surface area contributed by atoms with Crippen LogP contribution in [0.5, 0.6) is 0 Å². The minimum atomic E-state index is -3.87. The van der Waals surface area contributed by atoms with E-state index in [9.17, 15) is 12.8 Å². The van der Waals surface area contributed by atoms with Gasteiger partial charge in [0.05, 0.1) is 10.6 Å². The maximum atomic E-state index is 14.3. The summed E-state index contributed by atoms with van der Waals surface area (Å²) in [7, 11) is -3.87. The molecule has 0 radical (unpaired) electrons. The number of hydrogen-bond acceptors (Lipinski definition) is 4. The van der Waals surface area contributed by atoms with Crippen molar-refractivity contribution in [3.63, 3.8) is 0 Å². The second-order valence-electron chi connectivity index (χ2n) is 5.84. The van der Waals surface area contributed by atoms with Crippen molar-refractivity contribution in [1.82, 2.24) is 5.32 Å². The largest absolute Gasteiger partial charge is 0.365 e. The maximum Gasteiger partial charge on any atom is 0.238 e. The van der Waals surface area contributed by atoms with Gasteiger partial charge < -0.3 is 10.2 Å². The van der Waals surface area contributed by atoms with Crippen molar-refractivity contribution in [2.75, 3.05) is 18.0 Å². The average Bonchev–Trinajstić information content (AvgIpc) is 3.13. The van der Waals surface area contributed by atoms with Crippen LogP contribution in [0.4, 0.5) is 10.1 Å². The Kier molecular flexibility index (Phi) is 3.90. The van der Waals surface area contributed by atoms with E-state index in [-0.39, 0.29) is 4.90 Å². The van der Waals surface area contributed by atoms with Crippen LogP contribution in [0.1, 0.15) is 25.7 Å². The summed E-state index contributed by atoms with van der Waals surface area (Å²) in [6.45, 7) is 1.77. The normalized spacial score (nSPS) is 22.5. The van der Waals surface area contributed by atoms with Crippen molar-refractivity contribution in [3.05, 3.63) is 24.0 Å². The number of hydrogen-bond donors (Lipinski definition) is 2. The molecular formula is C14H20FN3O2S. The molecule has 1 unspecified atom stereocenters. The van der Waals surface area contributed by atoms with Gasteiger partial charge in [-0.05, 0) is 50.4 Å². The monoisotopic (exact) mass is 313 g/mol. The third-order valence-corrected chi connectivity index (χ3v) is 5.04. The van der Waals surface area contributed by atoms with Gasteiger partial charge in [-0.1, -0.05) is 0 Å². The van der Waals surface area contributed by atoms with E-state index in [0.29, 0.717) is 17.8 Å². The van der Waals surface area contributed by atoms with Crippen LogP contribution in [0.3, 0.4) is 0 Å². The number of rotatable bonds is 5. The van der Waals surface area contributed by atoms with E-state index in [4.69, 9.17) is 5.14 Å². The van der Waals surface area contributed by atoms with Gasteiger partial charge >= 0.3 is 0 Å². The number of nitrogens with one attached hydrogen (secondary N) is 1. The summed E-state index contributed by atoms with van der Waals surface area (Å²) in [5.41, 5.74) is 0.471. The topological polar surface area (TPSA) is 75.4 Å². The standard InChI is InChI=1S/C14H20FN3O2S/c15-13-8-12(21(16,19)20)5-6-14(13)18(11-3-4-11)9-10-2-1-7-17-10/h5-6,8,10-11,17H,1-4,7,9H2,(H2,16,19,20). The number of sulfonamides is 1. The van der Waals surface area contributed by atoms with E-state index >= 15 is 0 Å². The quantitative estimate of drug-likeness (QED) is 0.856. The number of nitrogens with zero attached hydrogens (tertiary/aromatic N) is 1. The molecule has 0 amide bonds. The molecule has 1 saturated carbocycles. The van der Waals surface area contributed by atoms with Crippen LogP contribution in [0.2, 0.25) is 0 Å². The Morgan fingerprint density at radius 2 is 2.10 bits per heavy atom. The predicted octanol–water partition coefficient (Wildman–Crippen LogP) is 1.19. The zero-order valence-corrected chi connectivity index (χ0v) is 12.6. The highest BCUT2D eigenvalue weighted by Gasteiger charge is 2.33. The number of halogens is 1. The highest BCUT2D eigenvalue weighted by Crippen LogP contribution is 2.34. The molecule has 1 aromatic carbocycles. The molecule has 2 fully saturated rings. The van der Waals surface area contributed by atoms with Crippen LogP contribution >= 0.6 is 0 Å². The van der Waals surface area contributed by atoms with Crippen LogP contribution in [-0.2, 0) is 10.0 Å². The van der Waals surface area contributed by atoms with Crippen molar-refractivity contribution >= 4 is 15.7 Å². The Bertz CT molecular complexity index is 625. The van der Waals surface area contributed by atoms with Crippen LogP contribution < -0.4 is 15.4 Å². The first-order chi connectivity index (χ1) is 9.95. The molecule has 3 rings (SSSR count). The Balaban J connectivity index is 1.85. The Morgan fingerprint density at radius 3 is 2.62 bits per heavy atom. The fourth-order valence-electron chi connectivity index (χ4n) is 2.88. The zero-order valence-electron chi connectivity index (χ0n) is 11.8. The van der Waals surface area contributed by atoms with E-state index in [0.717, 1.165) is 44.8 Å². The van der Waals surface area contributed by atoms with Gasteiger partial charge in [0.15, 0.2) is 0 Å². The molecule has 2 aliphatic rings. The van der Waals surface area contributed by atoms with Crippen molar-refractivity contribution in [1.29, 1.82) is 0 Å². The molecule has 1 aliphatic carbocycles. The lowest BCUT2D eigenvalue weighted by atomic mass is 10.2. The van der Waals surface area contributed by atoms with E-state index in [1.54, 1.807) is 0 Å². The number of benzene rings is 1. The molecule has 116 valence electrons. The predicted molar refractivity (Wildman–Crippen MR) is 79.2 cm³/mol. The Hall–Kier alpha value is -1.18. The van der Waals surface area contributed by atoms with Gasteiger partial charge in [0, 0.05) is 18.6 Å². The highest BCUT2D eigenvalue weighted by atomic mass is 32.2. The van der Waals surface area contributed by atoms with Gasteiger partial charge in [0.1, 0.15) is 5.82 Å². The first-order valence-corrected chi connectivity index (χ1v) is 8.82. The van der Waals surface area contributed by atoms with Crippen LogP contribution in [0.15, 0.2) is 23.1 Å². The van der Waals surface area contributed by atoms with E-state index in [2.05, 4.69) is 10.2 Å². The van der Waals surface area contributed by atoms with Crippen molar-refractivity contribution in [3.8, 4) is 0 Å². The summed E-state index contributed by atoms with van der Waals surface area (Å²) in [6.07, 6.45) is 4.36. The Morgan fingerprint density at radius 1 is 1.33 bits per heavy atom. The number of primary sulfonamides is 1. The van der Waals surface area contributed by atoms with E-state index in [1.807, 2.05) is 0 Å². The summed E-state index contributed by atoms with van der Waals surface area (Å²) < 4.78 is 36.9. The number of nitrogens with two attached hydrogens (primary N) is 1. The number of anilines is 1. The van der Waals surface area contributed by atoms with E-state index < -0.39 is 15.8 Å². The molecule has 5 nitrogen and oxygen atoms in total. The van der Waals surface area contributed by atoms with Crippen molar-refractivity contribution in [2.45, 2.75) is 42.7 Å². The summed E-state index contributed by atoms with van der Waals surface area (Å²) in [5.74, 6) is -0.522. The van der Waals surface area contributed by atoms with Gasteiger partial charge in [-0.3, -0.25) is 0 Å². The molecular weight excluding hydrogens is 293 g/mol. The molecule has 7 heteroatoms. The summed E-state index contributed by atoms with van der Waals surface area (Å²) in [5, 5.41) is 8.45. The summed E-state index contributed by atoms with van der Waals surface area (Å²) in [6, 6.07) is 4.67. The van der Waals surface area contributed by atoms with Gasteiger partial charge in [0.2, 0.25) is 10.0 Å². The fourth-order valence-corrected chi connectivity index (χ4v) is 3.40. The van der Waals surface area contributed by atoms with Gasteiger partial charge in [-0.15, -0.1) is 0 Å². The lowest BCUT2D eigenvalue weighted by Gasteiger charge is -2.28. The molecule has 21 heavy (non-hydrogen) atoms. The van der Waals surface area contributed by atoms with Gasteiger partial charge in [-0.25, -0.2) is 17.9 Å². The zero-order chi connectivity index (χ0) is 15.0. The first kappa shape index (κ1) is 14.7. The van der Waals surface area contributed by atoms with Crippen LogP contribution in [-0.4, -0.2) is 33.6 Å². The summed E-state index contributed by atoms with van der Waals surface area (Å²) >= 11 is 0. The second-order valence-corrected chi connectivity index (χ2v) is 7.40. The molecule has 1 heterocycles. The molecule has 3 N–H and O–H groups in total. The molecule has 1 saturated heterocycles. The lowest BCUT2D eigenvalue weighted by Crippen LogP contribution is -2.39. The minimum Gasteiger partial charge on any atom is -0.365 e. The second kappa shape index (κ2) is 5.55. The van der Waals surface area contributed by atoms with Crippen LogP contribution in [0.25, 0.3) is 0 Å². The Labute approximate surface area is 124 Å². The third kappa shape index (κ3) is 3.36. The molecule has 1 atom stereocenters. The average molecular weight is 313 g/mol. The molecule has 0 bridgehead atoms. The first-order valence-electron chi connectivity index (χ1n) is 7.27. The molecule has 1 aromatic rings. The summed E-state index contributed by atoms with van der Waals surface area (Å²) in [4.78, 5) is 1.88. The fraction of sp³-hybridized carbons (Fsp3) is 0.571. The lowest BCUT2D eigenvalue weighted by molar-refractivity contribution is 0.559. The van der Waals surface area contributed by atoms with Gasteiger partial charge in [-0.2, -0.15) is 0 Å². The van der Waals surface area contributed by atoms with Gasteiger partial charge in [0.25, 0.3) is 0 Å². The molecule has 0 aromatic heterocycles. The van der Waals surface area contributed by atoms with Crippen molar-refractivity contribution in [2.24, 2.45) is 5.14 Å². The maximum absolute atomic E-state index is 14.3. The smallest absolute Gasteiger partial charge is 0.238 e. The SMILES string of the molecule is NS(=O)(=O)c1ccc(N(CC2CCCN2)C2CC2)c(F)c1. The minimum absolute atomic E-state index is 0.182.